The molecule has 0 spiro atoms. The van der Waals surface area contributed by atoms with Crippen LogP contribution in [0.15, 0.2) is 41.1 Å². The average molecular weight is 338 g/mol. The third kappa shape index (κ3) is 3.26. The molecule has 2 rings (SSSR count). The second-order valence-electron chi connectivity index (χ2n) is 4.24. The third-order valence-electron chi connectivity index (χ3n) is 2.89. The molecule has 5 nitrogen and oxygen atoms in total. The minimum atomic E-state index is -0.372. The SMILES string of the molecule is CCOC(=O)c1cnn(C(CN)c2cccc(Br)c2)c1. The van der Waals surface area contributed by atoms with Gasteiger partial charge in [0.1, 0.15) is 0 Å². The predicted octanol–water partition coefficient (Wildman–Crippen LogP) is 2.37. The molecule has 6 heteroatoms. The molecule has 0 saturated carbocycles. The summed E-state index contributed by atoms with van der Waals surface area (Å²) in [5.41, 5.74) is 7.30. The van der Waals surface area contributed by atoms with Crippen molar-refractivity contribution in [2.24, 2.45) is 5.73 Å². The molecule has 106 valence electrons. The van der Waals surface area contributed by atoms with Crippen molar-refractivity contribution in [2.75, 3.05) is 13.2 Å². The number of hydrogen-bond donors (Lipinski definition) is 1. The average Bonchev–Trinajstić information content (AvgIpc) is 2.90. The minimum Gasteiger partial charge on any atom is -0.462 e. The lowest BCUT2D eigenvalue weighted by atomic mass is 10.1. The highest BCUT2D eigenvalue weighted by molar-refractivity contribution is 9.10. The van der Waals surface area contributed by atoms with E-state index >= 15 is 0 Å². The van der Waals surface area contributed by atoms with Crippen molar-refractivity contribution in [2.45, 2.75) is 13.0 Å². The summed E-state index contributed by atoms with van der Waals surface area (Å²) >= 11 is 3.44. The minimum absolute atomic E-state index is 0.115. The number of benzene rings is 1. The molecule has 0 aliphatic heterocycles. The Balaban J connectivity index is 2.26. The summed E-state index contributed by atoms with van der Waals surface area (Å²) in [5, 5.41) is 4.22. The molecule has 1 unspecified atom stereocenters. The van der Waals surface area contributed by atoms with Gasteiger partial charge in [0.2, 0.25) is 0 Å². The number of carbonyl (C=O) groups is 1. The molecule has 2 aromatic rings. The lowest BCUT2D eigenvalue weighted by Crippen LogP contribution is -2.21. The normalized spacial score (nSPS) is 12.2. The van der Waals surface area contributed by atoms with Crippen LogP contribution >= 0.6 is 15.9 Å². The molecule has 1 heterocycles. The van der Waals surface area contributed by atoms with Crippen molar-refractivity contribution in [1.29, 1.82) is 0 Å². The second kappa shape index (κ2) is 6.67. The van der Waals surface area contributed by atoms with E-state index in [1.165, 1.54) is 6.20 Å². The molecule has 1 aromatic heterocycles. The van der Waals surface area contributed by atoms with Gasteiger partial charge in [-0.3, -0.25) is 4.68 Å². The van der Waals surface area contributed by atoms with Crippen LogP contribution in [0.4, 0.5) is 0 Å². The molecule has 0 aliphatic carbocycles. The molecular weight excluding hydrogens is 322 g/mol. The standard InChI is InChI=1S/C14H16BrN3O2/c1-2-20-14(19)11-8-17-18(9-11)13(7-16)10-4-3-5-12(15)6-10/h3-6,8-9,13H,2,7,16H2,1H3. The van der Waals surface area contributed by atoms with Crippen molar-refractivity contribution in [3.05, 3.63) is 52.3 Å². The van der Waals surface area contributed by atoms with Gasteiger partial charge in [-0.05, 0) is 24.6 Å². The third-order valence-corrected chi connectivity index (χ3v) is 3.38. The Morgan fingerprint density at radius 1 is 1.55 bits per heavy atom. The van der Waals surface area contributed by atoms with E-state index in [0.29, 0.717) is 18.7 Å². The fourth-order valence-electron chi connectivity index (χ4n) is 1.94. The summed E-state index contributed by atoms with van der Waals surface area (Å²) < 4.78 is 7.61. The van der Waals surface area contributed by atoms with E-state index in [-0.39, 0.29) is 12.0 Å². The Morgan fingerprint density at radius 3 is 3.00 bits per heavy atom. The molecule has 1 atom stereocenters. The summed E-state index contributed by atoms with van der Waals surface area (Å²) in [4.78, 5) is 11.6. The van der Waals surface area contributed by atoms with Gasteiger partial charge in [0.25, 0.3) is 0 Å². The van der Waals surface area contributed by atoms with Gasteiger partial charge >= 0.3 is 5.97 Å². The van der Waals surface area contributed by atoms with E-state index in [9.17, 15) is 4.79 Å². The first-order valence-electron chi connectivity index (χ1n) is 6.32. The molecule has 0 radical (unpaired) electrons. The Labute approximate surface area is 125 Å². The first-order chi connectivity index (χ1) is 9.65. The van der Waals surface area contributed by atoms with Crippen molar-refractivity contribution in [3.63, 3.8) is 0 Å². The highest BCUT2D eigenvalue weighted by atomic mass is 79.9. The predicted molar refractivity (Wildman–Crippen MR) is 79.5 cm³/mol. The van der Waals surface area contributed by atoms with Crippen LogP contribution in [0.1, 0.15) is 28.9 Å². The summed E-state index contributed by atoms with van der Waals surface area (Å²) in [6.07, 6.45) is 3.16. The van der Waals surface area contributed by atoms with Crippen LogP contribution in [-0.2, 0) is 4.74 Å². The number of aromatic nitrogens is 2. The molecule has 0 bridgehead atoms. The highest BCUT2D eigenvalue weighted by Gasteiger charge is 2.16. The molecule has 0 saturated heterocycles. The van der Waals surface area contributed by atoms with Crippen molar-refractivity contribution >= 4 is 21.9 Å². The van der Waals surface area contributed by atoms with Gasteiger partial charge in [-0.1, -0.05) is 28.1 Å². The molecular formula is C14H16BrN3O2. The van der Waals surface area contributed by atoms with E-state index in [2.05, 4.69) is 21.0 Å². The number of hydrogen-bond acceptors (Lipinski definition) is 4. The number of esters is 1. The van der Waals surface area contributed by atoms with E-state index in [1.54, 1.807) is 17.8 Å². The Hall–Kier alpha value is -1.66. The number of rotatable bonds is 5. The van der Waals surface area contributed by atoms with Gasteiger partial charge in [0, 0.05) is 17.2 Å². The highest BCUT2D eigenvalue weighted by Crippen LogP contribution is 2.21. The molecule has 20 heavy (non-hydrogen) atoms. The van der Waals surface area contributed by atoms with E-state index in [4.69, 9.17) is 10.5 Å². The number of ether oxygens (including phenoxy) is 1. The molecule has 0 amide bonds. The topological polar surface area (TPSA) is 70.1 Å². The van der Waals surface area contributed by atoms with Crippen LogP contribution in [-0.4, -0.2) is 28.9 Å². The maximum atomic E-state index is 11.6. The molecule has 1 aromatic carbocycles. The Bertz CT molecular complexity index is 598. The zero-order valence-corrected chi connectivity index (χ0v) is 12.7. The van der Waals surface area contributed by atoms with Crippen LogP contribution in [0, 0.1) is 0 Å². The molecule has 0 aliphatic rings. The summed E-state index contributed by atoms with van der Waals surface area (Å²) in [6, 6.07) is 7.75. The first kappa shape index (κ1) is 14.7. The first-order valence-corrected chi connectivity index (χ1v) is 7.11. The van der Waals surface area contributed by atoms with Gasteiger partial charge in [0.05, 0.1) is 24.4 Å². The van der Waals surface area contributed by atoms with Gasteiger partial charge in [0.15, 0.2) is 0 Å². The van der Waals surface area contributed by atoms with Gasteiger partial charge in [-0.2, -0.15) is 5.10 Å². The Kier molecular flexibility index (Phi) is 4.92. The largest absolute Gasteiger partial charge is 0.462 e. The fraction of sp³-hybridized carbons (Fsp3) is 0.286. The van der Waals surface area contributed by atoms with E-state index in [0.717, 1.165) is 10.0 Å². The second-order valence-corrected chi connectivity index (χ2v) is 5.15. The van der Waals surface area contributed by atoms with Gasteiger partial charge < -0.3 is 10.5 Å². The maximum Gasteiger partial charge on any atom is 0.341 e. The van der Waals surface area contributed by atoms with E-state index in [1.807, 2.05) is 24.3 Å². The van der Waals surface area contributed by atoms with Crippen LogP contribution in [0.2, 0.25) is 0 Å². The number of halogens is 1. The van der Waals surface area contributed by atoms with Crippen LogP contribution in [0.3, 0.4) is 0 Å². The van der Waals surface area contributed by atoms with Crippen LogP contribution in [0.5, 0.6) is 0 Å². The van der Waals surface area contributed by atoms with Crippen LogP contribution in [0.25, 0.3) is 0 Å². The van der Waals surface area contributed by atoms with Gasteiger partial charge in [-0.15, -0.1) is 0 Å². The number of carbonyl (C=O) groups excluding carboxylic acids is 1. The quantitative estimate of drug-likeness (QED) is 0.850. The fourth-order valence-corrected chi connectivity index (χ4v) is 2.36. The van der Waals surface area contributed by atoms with Crippen molar-refractivity contribution in [1.82, 2.24) is 9.78 Å². The zero-order chi connectivity index (χ0) is 14.5. The van der Waals surface area contributed by atoms with E-state index < -0.39 is 0 Å². The Morgan fingerprint density at radius 2 is 2.35 bits per heavy atom. The monoisotopic (exact) mass is 337 g/mol. The maximum absolute atomic E-state index is 11.6. The number of nitrogens with two attached hydrogens (primary N) is 1. The van der Waals surface area contributed by atoms with Crippen molar-refractivity contribution < 1.29 is 9.53 Å². The summed E-state index contributed by atoms with van der Waals surface area (Å²) in [5.74, 6) is -0.372. The van der Waals surface area contributed by atoms with Crippen LogP contribution < -0.4 is 5.73 Å². The summed E-state index contributed by atoms with van der Waals surface area (Å²) in [7, 11) is 0. The smallest absolute Gasteiger partial charge is 0.341 e. The lowest BCUT2D eigenvalue weighted by Gasteiger charge is -2.16. The van der Waals surface area contributed by atoms with Crippen molar-refractivity contribution in [3.8, 4) is 0 Å². The zero-order valence-electron chi connectivity index (χ0n) is 11.1. The molecule has 0 fully saturated rings. The lowest BCUT2D eigenvalue weighted by molar-refractivity contribution is 0.0526. The number of nitrogens with zero attached hydrogens (tertiary/aromatic N) is 2. The van der Waals surface area contributed by atoms with Gasteiger partial charge in [-0.25, -0.2) is 4.79 Å². The summed E-state index contributed by atoms with van der Waals surface area (Å²) in [6.45, 7) is 2.50. The molecule has 2 N–H and O–H groups in total.